The van der Waals surface area contributed by atoms with E-state index in [1.807, 2.05) is 47.9 Å². The summed E-state index contributed by atoms with van der Waals surface area (Å²) in [7, 11) is 0. The number of aryl methyl sites for hydroxylation is 1. The van der Waals surface area contributed by atoms with Crippen molar-refractivity contribution in [2.24, 2.45) is 5.73 Å². The van der Waals surface area contributed by atoms with E-state index in [1.54, 1.807) is 6.07 Å². The summed E-state index contributed by atoms with van der Waals surface area (Å²) in [6, 6.07) is 17.7. The number of nitrogens with two attached hydrogens (primary N) is 1. The van der Waals surface area contributed by atoms with E-state index in [0.717, 1.165) is 33.7 Å². The molecule has 0 bridgehead atoms. The molecule has 0 radical (unpaired) electrons. The molecule has 0 saturated heterocycles. The van der Waals surface area contributed by atoms with Crippen molar-refractivity contribution in [3.63, 3.8) is 0 Å². The van der Waals surface area contributed by atoms with Crippen LogP contribution in [-0.2, 0) is 17.9 Å². The van der Waals surface area contributed by atoms with Gasteiger partial charge >= 0.3 is 0 Å². The van der Waals surface area contributed by atoms with Crippen molar-refractivity contribution in [2.45, 2.75) is 32.9 Å². The molecule has 0 fully saturated rings. The minimum absolute atomic E-state index is 0.190. The Morgan fingerprint density at radius 1 is 1.19 bits per heavy atom. The molecule has 32 heavy (non-hydrogen) atoms. The summed E-state index contributed by atoms with van der Waals surface area (Å²) in [4.78, 5) is 21.8. The quantitative estimate of drug-likeness (QED) is 0.501. The lowest BCUT2D eigenvalue weighted by molar-refractivity contribution is 0.0918. The molecular formula is C25H25N5O2. The first kappa shape index (κ1) is 20.2. The first-order chi connectivity index (χ1) is 15.5. The number of carbonyl (C=O) groups is 1. The number of aromatic nitrogens is 3. The molecule has 7 nitrogen and oxygen atoms in total. The Morgan fingerprint density at radius 2 is 2.00 bits per heavy atom. The van der Waals surface area contributed by atoms with E-state index in [0.29, 0.717) is 31.3 Å². The summed E-state index contributed by atoms with van der Waals surface area (Å²) in [5.74, 6) is 1.10. The van der Waals surface area contributed by atoms with Crippen molar-refractivity contribution in [3.8, 4) is 5.95 Å². The number of benzene rings is 2. The fraction of sp³-hybridized carbons (Fsp3) is 0.240. The first-order valence-corrected chi connectivity index (χ1v) is 10.7. The lowest BCUT2D eigenvalue weighted by atomic mass is 9.98. The van der Waals surface area contributed by atoms with Crippen molar-refractivity contribution in [3.05, 3.63) is 82.7 Å². The molecule has 0 aliphatic carbocycles. The number of fused-ring (bicyclic) bond motifs is 2. The monoisotopic (exact) mass is 427 g/mol. The molecule has 162 valence electrons. The summed E-state index contributed by atoms with van der Waals surface area (Å²) in [6.07, 6.45) is 0. The van der Waals surface area contributed by atoms with E-state index in [2.05, 4.69) is 24.4 Å². The Bertz CT molecular complexity index is 1310. The fourth-order valence-corrected chi connectivity index (χ4v) is 4.41. The highest BCUT2D eigenvalue weighted by Gasteiger charge is 2.25. The van der Waals surface area contributed by atoms with Crippen LogP contribution in [0.5, 0.6) is 0 Å². The Labute approximate surface area is 186 Å². The van der Waals surface area contributed by atoms with Gasteiger partial charge in [0, 0.05) is 34.7 Å². The number of anilines is 1. The summed E-state index contributed by atoms with van der Waals surface area (Å²) >= 11 is 0. The predicted octanol–water partition coefficient (Wildman–Crippen LogP) is 4.07. The van der Waals surface area contributed by atoms with E-state index >= 15 is 0 Å². The van der Waals surface area contributed by atoms with Gasteiger partial charge in [-0.05, 0) is 30.7 Å². The number of nitrogens with one attached hydrogen (secondary N) is 1. The summed E-state index contributed by atoms with van der Waals surface area (Å²) in [6.45, 7) is 5.85. The molecule has 0 spiro atoms. The molecule has 2 aromatic heterocycles. The van der Waals surface area contributed by atoms with E-state index in [9.17, 15) is 4.79 Å². The largest absolute Gasteiger partial charge is 0.375 e. The smallest absolute Gasteiger partial charge is 0.249 e. The van der Waals surface area contributed by atoms with Gasteiger partial charge in [0.05, 0.1) is 24.4 Å². The molecule has 1 amide bonds. The number of hydrogen-bond acceptors (Lipinski definition) is 5. The first-order valence-electron chi connectivity index (χ1n) is 10.7. The van der Waals surface area contributed by atoms with E-state index in [1.165, 1.54) is 5.56 Å². The highest BCUT2D eigenvalue weighted by atomic mass is 16.5. The average molecular weight is 428 g/mol. The number of amides is 1. The van der Waals surface area contributed by atoms with Crippen LogP contribution in [-0.4, -0.2) is 27.0 Å². The molecule has 5 rings (SSSR count). The Kier molecular flexibility index (Phi) is 5.11. The Balaban J connectivity index is 1.65. The minimum atomic E-state index is -0.452. The van der Waals surface area contributed by atoms with Crippen LogP contribution in [0.25, 0.3) is 16.9 Å². The summed E-state index contributed by atoms with van der Waals surface area (Å²) in [5.41, 5.74) is 11.0. The van der Waals surface area contributed by atoms with Crippen molar-refractivity contribution >= 4 is 22.6 Å². The van der Waals surface area contributed by atoms with E-state index in [4.69, 9.17) is 20.4 Å². The molecule has 1 unspecified atom stereocenters. The van der Waals surface area contributed by atoms with Gasteiger partial charge in [-0.2, -0.15) is 4.98 Å². The summed E-state index contributed by atoms with van der Waals surface area (Å²) < 4.78 is 7.75. The van der Waals surface area contributed by atoms with Crippen LogP contribution in [0.1, 0.15) is 45.7 Å². The van der Waals surface area contributed by atoms with Crippen molar-refractivity contribution in [1.29, 1.82) is 0 Å². The van der Waals surface area contributed by atoms with Gasteiger partial charge in [-0.3, -0.25) is 9.36 Å². The molecule has 4 aromatic rings. The molecule has 7 heteroatoms. The Morgan fingerprint density at radius 3 is 2.78 bits per heavy atom. The van der Waals surface area contributed by atoms with Crippen LogP contribution in [0.2, 0.25) is 0 Å². The molecular weight excluding hydrogens is 402 g/mol. The van der Waals surface area contributed by atoms with Gasteiger partial charge in [0.25, 0.3) is 0 Å². The number of rotatable bonds is 5. The second-order valence-corrected chi connectivity index (χ2v) is 8.21. The molecule has 2 aromatic carbocycles. The molecule has 1 aliphatic rings. The van der Waals surface area contributed by atoms with Crippen LogP contribution in [0, 0.1) is 6.92 Å². The maximum absolute atomic E-state index is 11.9. The maximum atomic E-state index is 11.9. The number of primary amides is 1. The molecule has 3 heterocycles. The third kappa shape index (κ3) is 3.50. The zero-order chi connectivity index (χ0) is 22.2. The van der Waals surface area contributed by atoms with Gasteiger partial charge in [-0.1, -0.05) is 43.3 Å². The van der Waals surface area contributed by atoms with Gasteiger partial charge < -0.3 is 15.8 Å². The average Bonchev–Trinajstić information content (AvgIpc) is 3.13. The van der Waals surface area contributed by atoms with Gasteiger partial charge in [0.2, 0.25) is 11.9 Å². The van der Waals surface area contributed by atoms with E-state index in [-0.39, 0.29) is 5.92 Å². The minimum Gasteiger partial charge on any atom is -0.375 e. The predicted molar refractivity (Wildman–Crippen MR) is 124 cm³/mol. The molecule has 1 aliphatic heterocycles. The Hall–Kier alpha value is -3.71. The van der Waals surface area contributed by atoms with Gasteiger partial charge in [-0.15, -0.1) is 0 Å². The van der Waals surface area contributed by atoms with Gasteiger partial charge in [0.1, 0.15) is 5.82 Å². The molecule has 0 saturated carbocycles. The number of ether oxygens (including phenoxy) is 1. The maximum Gasteiger partial charge on any atom is 0.249 e. The van der Waals surface area contributed by atoms with Crippen LogP contribution < -0.4 is 11.1 Å². The standard InChI is InChI=1S/C25H25N5O2/c1-15-13-32-14-20-22(15)24(27-12-17-7-4-3-5-8-17)29-25(28-20)30-16(2)11-19-18(23(26)31)9-6-10-21(19)30/h3-11,15H,12-14H2,1-2H3,(H2,26,31)(H,27,28,29). The van der Waals surface area contributed by atoms with Gasteiger partial charge in [0.15, 0.2) is 0 Å². The van der Waals surface area contributed by atoms with Crippen molar-refractivity contribution in [2.75, 3.05) is 11.9 Å². The third-order valence-electron chi connectivity index (χ3n) is 5.91. The lowest BCUT2D eigenvalue weighted by Gasteiger charge is -2.25. The summed E-state index contributed by atoms with van der Waals surface area (Å²) in [5, 5.41) is 4.32. The second kappa shape index (κ2) is 8.09. The number of carbonyl (C=O) groups excluding carboxylic acids is 1. The molecule has 1 atom stereocenters. The normalized spacial score (nSPS) is 15.5. The third-order valence-corrected chi connectivity index (χ3v) is 5.91. The van der Waals surface area contributed by atoms with Crippen LogP contribution in [0.3, 0.4) is 0 Å². The van der Waals surface area contributed by atoms with Crippen LogP contribution >= 0.6 is 0 Å². The topological polar surface area (TPSA) is 95.1 Å². The SMILES string of the molecule is Cc1cc2c(C(N)=O)cccc2n1-c1nc2c(c(NCc3ccccc3)n1)C(C)COC2. The van der Waals surface area contributed by atoms with Crippen molar-refractivity contribution < 1.29 is 9.53 Å². The second-order valence-electron chi connectivity index (χ2n) is 8.21. The lowest BCUT2D eigenvalue weighted by Crippen LogP contribution is -2.21. The van der Waals surface area contributed by atoms with E-state index < -0.39 is 5.91 Å². The number of nitrogens with zero attached hydrogens (tertiary/aromatic N) is 3. The zero-order valence-electron chi connectivity index (χ0n) is 18.1. The van der Waals surface area contributed by atoms with Crippen LogP contribution in [0.15, 0.2) is 54.6 Å². The van der Waals surface area contributed by atoms with Crippen LogP contribution in [0.4, 0.5) is 5.82 Å². The zero-order valence-corrected chi connectivity index (χ0v) is 18.1. The van der Waals surface area contributed by atoms with Gasteiger partial charge in [-0.25, -0.2) is 4.98 Å². The highest BCUT2D eigenvalue weighted by molar-refractivity contribution is 6.06. The molecule has 3 N–H and O–H groups in total. The number of hydrogen-bond donors (Lipinski definition) is 2. The van der Waals surface area contributed by atoms with Crippen molar-refractivity contribution in [1.82, 2.24) is 14.5 Å². The highest BCUT2D eigenvalue weighted by Crippen LogP contribution is 2.33. The fourth-order valence-electron chi connectivity index (χ4n) is 4.41.